The number of ether oxygens (including phenoxy) is 1. The van der Waals surface area contributed by atoms with E-state index in [1.807, 2.05) is 0 Å². The van der Waals surface area contributed by atoms with Crippen LogP contribution in [0.25, 0.3) is 0 Å². The number of amides is 1. The Morgan fingerprint density at radius 1 is 1.56 bits per heavy atom. The summed E-state index contributed by atoms with van der Waals surface area (Å²) >= 11 is 5.80. The molecule has 1 fully saturated rings. The molecule has 1 saturated carbocycles. The summed E-state index contributed by atoms with van der Waals surface area (Å²) in [6.45, 7) is 0.927. The van der Waals surface area contributed by atoms with Crippen molar-refractivity contribution in [3.8, 4) is 0 Å². The van der Waals surface area contributed by atoms with Gasteiger partial charge in [0.05, 0.1) is 12.2 Å². The van der Waals surface area contributed by atoms with Crippen molar-refractivity contribution in [2.45, 2.75) is 18.9 Å². The second kappa shape index (κ2) is 5.67. The Balaban J connectivity index is 2.19. The fraction of sp³-hybridized carbons (Fsp3) is 0.462. The minimum atomic E-state index is -0.535. The smallest absolute Gasteiger partial charge is 0.257 e. The largest absolute Gasteiger partial charge is 0.383 e. The summed E-state index contributed by atoms with van der Waals surface area (Å²) in [5.41, 5.74) is 0.0329. The zero-order chi connectivity index (χ0) is 13.1. The second-order valence-corrected chi connectivity index (χ2v) is 4.78. The van der Waals surface area contributed by atoms with E-state index in [2.05, 4.69) is 0 Å². The molecule has 0 heterocycles. The fourth-order valence-electron chi connectivity index (χ4n) is 1.84. The maximum absolute atomic E-state index is 13.6. The van der Waals surface area contributed by atoms with Crippen LogP contribution in [-0.2, 0) is 4.74 Å². The van der Waals surface area contributed by atoms with Crippen LogP contribution in [0.4, 0.5) is 4.39 Å². The lowest BCUT2D eigenvalue weighted by Crippen LogP contribution is -2.36. The van der Waals surface area contributed by atoms with Gasteiger partial charge in [-0.05, 0) is 31.0 Å². The molecule has 0 atom stereocenters. The minimum Gasteiger partial charge on any atom is -0.383 e. The Bertz CT molecular complexity index is 449. The third-order valence-electron chi connectivity index (χ3n) is 2.94. The van der Waals surface area contributed by atoms with Crippen molar-refractivity contribution in [2.24, 2.45) is 0 Å². The van der Waals surface area contributed by atoms with E-state index < -0.39 is 5.82 Å². The molecule has 0 aromatic heterocycles. The second-order valence-electron chi connectivity index (χ2n) is 4.35. The van der Waals surface area contributed by atoms with Gasteiger partial charge in [-0.25, -0.2) is 4.39 Å². The molecule has 0 spiro atoms. The van der Waals surface area contributed by atoms with Crippen LogP contribution in [0.5, 0.6) is 0 Å². The highest BCUT2D eigenvalue weighted by Gasteiger charge is 2.33. The fourth-order valence-corrected chi connectivity index (χ4v) is 2.01. The molecule has 1 amide bonds. The van der Waals surface area contributed by atoms with Gasteiger partial charge in [-0.3, -0.25) is 4.79 Å². The van der Waals surface area contributed by atoms with Gasteiger partial charge in [0.2, 0.25) is 0 Å². The number of methoxy groups -OCH3 is 1. The highest BCUT2D eigenvalue weighted by Crippen LogP contribution is 2.29. The lowest BCUT2D eigenvalue weighted by Gasteiger charge is -2.22. The molecular formula is C13H15ClFNO2. The first-order valence-electron chi connectivity index (χ1n) is 5.88. The van der Waals surface area contributed by atoms with Gasteiger partial charge in [0.25, 0.3) is 5.91 Å². The molecule has 0 radical (unpaired) electrons. The predicted molar refractivity (Wildman–Crippen MR) is 67.3 cm³/mol. The summed E-state index contributed by atoms with van der Waals surface area (Å²) in [6, 6.07) is 4.24. The SMILES string of the molecule is COCCN(C(=O)c1cc(Cl)ccc1F)C1CC1. The van der Waals surface area contributed by atoms with E-state index in [9.17, 15) is 9.18 Å². The third kappa shape index (κ3) is 3.00. The van der Waals surface area contributed by atoms with Crippen LogP contribution in [0.1, 0.15) is 23.2 Å². The lowest BCUT2D eigenvalue weighted by atomic mass is 10.2. The van der Waals surface area contributed by atoms with Gasteiger partial charge in [-0.15, -0.1) is 0 Å². The number of nitrogens with zero attached hydrogens (tertiary/aromatic N) is 1. The summed E-state index contributed by atoms with van der Waals surface area (Å²) in [4.78, 5) is 13.9. The van der Waals surface area contributed by atoms with Crippen LogP contribution < -0.4 is 0 Å². The van der Waals surface area contributed by atoms with Crippen molar-refractivity contribution >= 4 is 17.5 Å². The van der Waals surface area contributed by atoms with Gasteiger partial charge in [0.1, 0.15) is 5.82 Å². The van der Waals surface area contributed by atoms with Crippen LogP contribution in [0, 0.1) is 5.82 Å². The highest BCUT2D eigenvalue weighted by atomic mass is 35.5. The first-order valence-corrected chi connectivity index (χ1v) is 6.26. The average Bonchev–Trinajstić information content (AvgIpc) is 3.17. The van der Waals surface area contributed by atoms with Crippen molar-refractivity contribution in [1.29, 1.82) is 0 Å². The first kappa shape index (κ1) is 13.3. The predicted octanol–water partition coefficient (Wildman–Crippen LogP) is 2.73. The molecule has 1 aliphatic carbocycles. The minimum absolute atomic E-state index is 0.0329. The molecule has 1 aliphatic rings. The van der Waals surface area contributed by atoms with Gasteiger partial charge in [-0.1, -0.05) is 11.6 Å². The molecular weight excluding hydrogens is 257 g/mol. The number of hydrogen-bond acceptors (Lipinski definition) is 2. The Morgan fingerprint density at radius 2 is 2.28 bits per heavy atom. The molecule has 1 aromatic carbocycles. The molecule has 3 nitrogen and oxygen atoms in total. The number of halogens is 2. The van der Waals surface area contributed by atoms with Crippen molar-refractivity contribution in [3.63, 3.8) is 0 Å². The quantitative estimate of drug-likeness (QED) is 0.824. The van der Waals surface area contributed by atoms with Crippen molar-refractivity contribution in [3.05, 3.63) is 34.6 Å². The van der Waals surface area contributed by atoms with Crippen molar-refractivity contribution in [2.75, 3.05) is 20.3 Å². The van der Waals surface area contributed by atoms with Crippen molar-refractivity contribution < 1.29 is 13.9 Å². The third-order valence-corrected chi connectivity index (χ3v) is 3.18. The Labute approximate surface area is 110 Å². The molecule has 18 heavy (non-hydrogen) atoms. The summed E-state index contributed by atoms with van der Waals surface area (Å²) < 4.78 is 18.6. The highest BCUT2D eigenvalue weighted by molar-refractivity contribution is 6.31. The molecule has 2 rings (SSSR count). The number of carbonyl (C=O) groups excluding carboxylic acids is 1. The van der Waals surface area contributed by atoms with Crippen LogP contribution in [0.2, 0.25) is 5.02 Å². The van der Waals surface area contributed by atoms with E-state index in [4.69, 9.17) is 16.3 Å². The maximum Gasteiger partial charge on any atom is 0.257 e. The van der Waals surface area contributed by atoms with E-state index in [-0.39, 0.29) is 17.5 Å². The summed E-state index contributed by atoms with van der Waals surface area (Å²) in [6.07, 6.45) is 1.94. The molecule has 98 valence electrons. The van der Waals surface area contributed by atoms with E-state index in [0.29, 0.717) is 18.2 Å². The van der Waals surface area contributed by atoms with Crippen LogP contribution in [0.3, 0.4) is 0 Å². The molecule has 1 aromatic rings. The normalized spacial score (nSPS) is 14.6. The van der Waals surface area contributed by atoms with E-state index >= 15 is 0 Å². The van der Waals surface area contributed by atoms with Crippen LogP contribution in [0.15, 0.2) is 18.2 Å². The van der Waals surface area contributed by atoms with Crippen LogP contribution >= 0.6 is 11.6 Å². The zero-order valence-corrected chi connectivity index (χ0v) is 10.9. The topological polar surface area (TPSA) is 29.5 Å². The lowest BCUT2D eigenvalue weighted by molar-refractivity contribution is 0.0675. The molecule has 0 saturated heterocycles. The monoisotopic (exact) mass is 271 g/mol. The molecule has 0 N–H and O–H groups in total. The summed E-state index contributed by atoms with van der Waals surface area (Å²) in [5, 5.41) is 0.363. The number of rotatable bonds is 5. The molecule has 0 unspecified atom stereocenters. The molecule has 0 bridgehead atoms. The van der Waals surface area contributed by atoms with Gasteiger partial charge < -0.3 is 9.64 Å². The van der Waals surface area contributed by atoms with Gasteiger partial charge in [-0.2, -0.15) is 0 Å². The zero-order valence-electron chi connectivity index (χ0n) is 10.2. The van der Waals surface area contributed by atoms with E-state index in [1.54, 1.807) is 12.0 Å². The van der Waals surface area contributed by atoms with E-state index in [1.165, 1.54) is 18.2 Å². The number of hydrogen-bond donors (Lipinski definition) is 0. The standard InChI is InChI=1S/C13H15ClFNO2/c1-18-7-6-16(10-3-4-10)13(17)11-8-9(14)2-5-12(11)15/h2,5,8,10H,3-4,6-7H2,1H3. The van der Waals surface area contributed by atoms with E-state index in [0.717, 1.165) is 12.8 Å². The Kier molecular flexibility index (Phi) is 4.19. The van der Waals surface area contributed by atoms with Gasteiger partial charge in [0, 0.05) is 24.7 Å². The Hall–Kier alpha value is -1.13. The van der Waals surface area contributed by atoms with Crippen LogP contribution in [-0.4, -0.2) is 37.1 Å². The average molecular weight is 272 g/mol. The van der Waals surface area contributed by atoms with Gasteiger partial charge >= 0.3 is 0 Å². The number of carbonyl (C=O) groups is 1. The van der Waals surface area contributed by atoms with Crippen molar-refractivity contribution in [1.82, 2.24) is 4.90 Å². The first-order chi connectivity index (χ1) is 8.63. The number of benzene rings is 1. The Morgan fingerprint density at radius 3 is 2.89 bits per heavy atom. The maximum atomic E-state index is 13.6. The van der Waals surface area contributed by atoms with Gasteiger partial charge in [0.15, 0.2) is 0 Å². The molecule has 0 aliphatic heterocycles. The molecule has 5 heteroatoms. The summed E-state index contributed by atoms with van der Waals surface area (Å²) in [7, 11) is 1.58. The summed E-state index contributed by atoms with van der Waals surface area (Å²) in [5.74, 6) is -0.845.